The van der Waals surface area contributed by atoms with Crippen molar-refractivity contribution in [2.45, 2.75) is 0 Å². The summed E-state index contributed by atoms with van der Waals surface area (Å²) in [6.07, 6.45) is 0. The van der Waals surface area contributed by atoms with E-state index in [1.54, 1.807) is 61.6 Å². The van der Waals surface area contributed by atoms with Crippen LogP contribution in [0.25, 0.3) is 40.1 Å². The fourth-order valence-electron chi connectivity index (χ4n) is 3.29. The summed E-state index contributed by atoms with van der Waals surface area (Å²) >= 11 is 6.06. The molecule has 0 bridgehead atoms. The largest absolute Gasteiger partial charge is 0.453 e. The standard InChI is InChI=1S/C22H14ClN5O3/c1-27-20-18(21(29)28(22(30)25-20)15-8-3-2-4-9-15)24-19(26-27)17-11-10-16(31-17)13-6-5-7-14(23)12-13/h2-12H,1H3. The minimum Gasteiger partial charge on any atom is -0.453 e. The molecule has 0 spiro atoms. The molecule has 2 aliphatic heterocycles. The summed E-state index contributed by atoms with van der Waals surface area (Å²) in [5.74, 6) is 1.23. The number of benzene rings is 2. The monoisotopic (exact) mass is 431 g/mol. The van der Waals surface area contributed by atoms with Crippen LogP contribution in [0.15, 0.2) is 80.7 Å². The molecular weight excluding hydrogens is 418 g/mol. The third-order valence-corrected chi connectivity index (χ3v) is 4.96. The summed E-state index contributed by atoms with van der Waals surface area (Å²) in [6.45, 7) is 0. The highest BCUT2D eigenvalue weighted by molar-refractivity contribution is 6.30. The van der Waals surface area contributed by atoms with Crippen molar-refractivity contribution in [3.05, 3.63) is 92.6 Å². The Labute approximate surface area is 180 Å². The van der Waals surface area contributed by atoms with E-state index >= 15 is 0 Å². The zero-order valence-corrected chi connectivity index (χ0v) is 16.9. The average molecular weight is 432 g/mol. The quantitative estimate of drug-likeness (QED) is 0.434. The molecule has 31 heavy (non-hydrogen) atoms. The van der Waals surface area contributed by atoms with Crippen molar-refractivity contribution in [3.63, 3.8) is 0 Å². The lowest BCUT2D eigenvalue weighted by Gasteiger charge is -2.12. The maximum absolute atomic E-state index is 13.1. The van der Waals surface area contributed by atoms with E-state index in [1.165, 1.54) is 4.68 Å². The van der Waals surface area contributed by atoms with Gasteiger partial charge in [0.25, 0.3) is 5.56 Å². The van der Waals surface area contributed by atoms with Gasteiger partial charge in [0.1, 0.15) is 5.76 Å². The van der Waals surface area contributed by atoms with Crippen LogP contribution in [0, 0.1) is 0 Å². The summed E-state index contributed by atoms with van der Waals surface area (Å²) in [5.41, 5.74) is -0.0559. The predicted octanol–water partition coefficient (Wildman–Crippen LogP) is 3.41. The summed E-state index contributed by atoms with van der Waals surface area (Å²) in [6, 6.07) is 19.3. The number of fused-ring (bicyclic) bond motifs is 1. The molecule has 0 atom stereocenters. The highest BCUT2D eigenvalue weighted by Gasteiger charge is 2.22. The van der Waals surface area contributed by atoms with Gasteiger partial charge in [0, 0.05) is 17.6 Å². The van der Waals surface area contributed by atoms with Crippen LogP contribution in [0.2, 0.25) is 5.02 Å². The normalized spacial score (nSPS) is 11.2. The second kappa shape index (κ2) is 7.33. The third-order valence-electron chi connectivity index (χ3n) is 4.73. The van der Waals surface area contributed by atoms with Gasteiger partial charge in [-0.05, 0) is 36.4 Å². The van der Waals surface area contributed by atoms with Crippen LogP contribution in [0.4, 0.5) is 0 Å². The molecule has 3 aromatic rings. The Morgan fingerprint density at radius 3 is 2.45 bits per heavy atom. The summed E-state index contributed by atoms with van der Waals surface area (Å²) in [7, 11) is 1.59. The molecule has 0 aliphatic carbocycles. The van der Waals surface area contributed by atoms with Gasteiger partial charge in [-0.3, -0.25) is 4.79 Å². The Bertz CT molecular complexity index is 1500. The van der Waals surface area contributed by atoms with E-state index in [0.717, 1.165) is 10.1 Å². The van der Waals surface area contributed by atoms with Gasteiger partial charge in [-0.15, -0.1) is 5.10 Å². The lowest BCUT2D eigenvalue weighted by atomic mass is 10.2. The first kappa shape index (κ1) is 19.0. The highest BCUT2D eigenvalue weighted by atomic mass is 35.5. The Hall–Kier alpha value is -4.04. The molecule has 0 saturated heterocycles. The smallest absolute Gasteiger partial charge is 0.357 e. The van der Waals surface area contributed by atoms with Crippen LogP contribution in [-0.2, 0) is 7.05 Å². The number of para-hydroxylation sites is 1. The minimum absolute atomic E-state index is 0.0108. The van der Waals surface area contributed by atoms with E-state index in [9.17, 15) is 9.59 Å². The van der Waals surface area contributed by atoms with Gasteiger partial charge >= 0.3 is 5.69 Å². The molecule has 0 fully saturated rings. The molecule has 8 nitrogen and oxygen atoms in total. The maximum Gasteiger partial charge on any atom is 0.357 e. The number of rotatable bonds is 3. The Balaban J connectivity index is 1.68. The van der Waals surface area contributed by atoms with Crippen molar-refractivity contribution in [2.24, 2.45) is 7.05 Å². The van der Waals surface area contributed by atoms with Crippen LogP contribution >= 0.6 is 11.6 Å². The molecule has 9 heteroatoms. The Kier molecular flexibility index (Phi) is 4.48. The summed E-state index contributed by atoms with van der Waals surface area (Å²) in [4.78, 5) is 34.0. The fraction of sp³-hybridized carbons (Fsp3) is 0.0455. The molecule has 1 aromatic heterocycles. The molecule has 0 amide bonds. The van der Waals surface area contributed by atoms with Crippen molar-refractivity contribution in [1.82, 2.24) is 24.3 Å². The van der Waals surface area contributed by atoms with Gasteiger partial charge in [-0.2, -0.15) is 4.98 Å². The lowest BCUT2D eigenvalue weighted by Crippen LogP contribution is -2.37. The second-order valence-corrected chi connectivity index (χ2v) is 7.21. The van der Waals surface area contributed by atoms with Crippen LogP contribution < -0.4 is 11.2 Å². The lowest BCUT2D eigenvalue weighted by molar-refractivity contribution is 0.583. The first-order valence-electron chi connectivity index (χ1n) is 9.31. The molecule has 3 heterocycles. The summed E-state index contributed by atoms with van der Waals surface area (Å²) < 4.78 is 8.23. The van der Waals surface area contributed by atoms with Crippen molar-refractivity contribution < 1.29 is 4.42 Å². The number of aromatic nitrogens is 5. The van der Waals surface area contributed by atoms with Gasteiger partial charge < -0.3 is 4.42 Å². The van der Waals surface area contributed by atoms with E-state index in [4.69, 9.17) is 16.0 Å². The molecule has 0 unspecified atom stereocenters. The zero-order chi connectivity index (χ0) is 21.5. The number of hydrogen-bond donors (Lipinski definition) is 0. The van der Waals surface area contributed by atoms with Crippen LogP contribution in [0.5, 0.6) is 0 Å². The molecule has 0 N–H and O–H groups in total. The highest BCUT2D eigenvalue weighted by Crippen LogP contribution is 2.28. The summed E-state index contributed by atoms with van der Waals surface area (Å²) in [5, 5.41) is 4.90. The molecule has 2 aliphatic rings. The minimum atomic E-state index is -0.697. The van der Waals surface area contributed by atoms with Gasteiger partial charge in [0.05, 0.1) is 5.69 Å². The van der Waals surface area contributed by atoms with Crippen molar-refractivity contribution in [2.75, 3.05) is 0 Å². The molecule has 0 saturated carbocycles. The van der Waals surface area contributed by atoms with Crippen molar-refractivity contribution in [1.29, 1.82) is 0 Å². The number of furan rings is 1. The molecule has 152 valence electrons. The second-order valence-electron chi connectivity index (χ2n) is 6.78. The van der Waals surface area contributed by atoms with Gasteiger partial charge in [-0.1, -0.05) is 41.9 Å². The SMILES string of the molecule is Cn1nc(-c2ccc(-c3cccc(Cl)c3)o2)nc2c(=O)n(-c3ccccc3)c(=O)nc1-2. The predicted molar refractivity (Wildman–Crippen MR) is 115 cm³/mol. The number of halogens is 1. The van der Waals surface area contributed by atoms with E-state index in [2.05, 4.69) is 15.1 Å². The number of aryl methyl sites for hydroxylation is 1. The van der Waals surface area contributed by atoms with Gasteiger partial charge in [-0.25, -0.2) is 19.0 Å². The van der Waals surface area contributed by atoms with E-state index < -0.39 is 11.2 Å². The van der Waals surface area contributed by atoms with Gasteiger partial charge in [0.15, 0.2) is 17.3 Å². The van der Waals surface area contributed by atoms with Gasteiger partial charge in [0.2, 0.25) is 5.82 Å². The Morgan fingerprint density at radius 2 is 1.68 bits per heavy atom. The third kappa shape index (κ3) is 3.32. The molecular formula is C22H14ClN5O3. The van der Waals surface area contributed by atoms with Crippen LogP contribution in [-0.4, -0.2) is 24.3 Å². The number of hydrogen-bond acceptors (Lipinski definition) is 6. The molecule has 5 rings (SSSR count). The molecule has 2 aromatic carbocycles. The van der Waals surface area contributed by atoms with Crippen LogP contribution in [0.1, 0.15) is 0 Å². The average Bonchev–Trinajstić information content (AvgIpc) is 3.26. The first-order valence-corrected chi connectivity index (χ1v) is 9.69. The fourth-order valence-corrected chi connectivity index (χ4v) is 3.48. The Morgan fingerprint density at radius 1 is 0.903 bits per heavy atom. The zero-order valence-electron chi connectivity index (χ0n) is 16.2. The topological polar surface area (TPSA) is 95.8 Å². The van der Waals surface area contributed by atoms with E-state index in [-0.39, 0.29) is 17.3 Å². The van der Waals surface area contributed by atoms with Crippen molar-refractivity contribution >= 4 is 11.6 Å². The van der Waals surface area contributed by atoms with Crippen LogP contribution in [0.3, 0.4) is 0 Å². The van der Waals surface area contributed by atoms with E-state index in [1.807, 2.05) is 12.1 Å². The first-order chi connectivity index (χ1) is 15.0. The van der Waals surface area contributed by atoms with E-state index in [0.29, 0.717) is 22.2 Å². The maximum atomic E-state index is 13.1. The van der Waals surface area contributed by atoms with Crippen molar-refractivity contribution in [3.8, 4) is 40.1 Å². The molecule has 0 radical (unpaired) electrons. The number of nitrogens with zero attached hydrogens (tertiary/aromatic N) is 5.